The van der Waals surface area contributed by atoms with Crippen LogP contribution in [0.4, 0.5) is 0 Å². The molecule has 0 saturated carbocycles. The number of aryl methyl sites for hydroxylation is 1. The van der Waals surface area contributed by atoms with Crippen molar-refractivity contribution in [2.24, 2.45) is 4.99 Å². The van der Waals surface area contributed by atoms with Gasteiger partial charge >= 0.3 is 0 Å². The average molecular weight is 419 g/mol. The van der Waals surface area contributed by atoms with Gasteiger partial charge in [0.25, 0.3) is 0 Å². The number of guanidine groups is 1. The Morgan fingerprint density at radius 1 is 1.10 bits per heavy atom. The number of nitrogens with zero attached hydrogens (tertiary/aromatic N) is 2. The van der Waals surface area contributed by atoms with Gasteiger partial charge in [0.05, 0.1) is 18.6 Å². The lowest BCUT2D eigenvalue weighted by atomic mass is 10.1. The normalized spacial score (nSPS) is 12.1. The monoisotopic (exact) mass is 418 g/mol. The second-order valence-corrected chi connectivity index (χ2v) is 8.88. The second kappa shape index (κ2) is 10.3. The van der Waals surface area contributed by atoms with Crippen LogP contribution < -0.4 is 15.4 Å². The summed E-state index contributed by atoms with van der Waals surface area (Å²) in [5.41, 5.74) is 2.78. The molecule has 0 saturated heterocycles. The van der Waals surface area contributed by atoms with Crippen molar-refractivity contribution in [2.75, 3.05) is 27.7 Å². The van der Waals surface area contributed by atoms with Gasteiger partial charge in [0, 0.05) is 32.7 Å². The lowest BCUT2D eigenvalue weighted by Crippen LogP contribution is -2.37. The van der Waals surface area contributed by atoms with Crippen molar-refractivity contribution >= 4 is 16.0 Å². The molecule has 0 bridgehead atoms. The van der Waals surface area contributed by atoms with Gasteiger partial charge in [0.2, 0.25) is 10.0 Å². The number of hydrogen-bond acceptors (Lipinski definition) is 4. The molecule has 0 aliphatic heterocycles. The summed E-state index contributed by atoms with van der Waals surface area (Å²) in [6.07, 6.45) is 0. The topological polar surface area (TPSA) is 83.0 Å². The van der Waals surface area contributed by atoms with Crippen LogP contribution in [0.25, 0.3) is 0 Å². The highest BCUT2D eigenvalue weighted by Gasteiger charge is 2.20. The Hall–Kier alpha value is -2.58. The van der Waals surface area contributed by atoms with Crippen LogP contribution in [0, 0.1) is 6.92 Å². The van der Waals surface area contributed by atoms with Crippen LogP contribution in [0.2, 0.25) is 0 Å². The van der Waals surface area contributed by atoms with Crippen LogP contribution in [-0.2, 0) is 23.1 Å². The zero-order valence-electron chi connectivity index (χ0n) is 17.7. The van der Waals surface area contributed by atoms with Gasteiger partial charge in [-0.05, 0) is 37.1 Å². The number of rotatable bonds is 8. The molecule has 0 atom stereocenters. The molecule has 0 aliphatic carbocycles. The van der Waals surface area contributed by atoms with Crippen LogP contribution >= 0.6 is 0 Å². The number of methoxy groups -OCH3 is 1. The van der Waals surface area contributed by atoms with Crippen molar-refractivity contribution in [1.29, 1.82) is 0 Å². The quantitative estimate of drug-likeness (QED) is 0.508. The zero-order valence-corrected chi connectivity index (χ0v) is 18.5. The molecule has 0 aromatic heterocycles. The highest BCUT2D eigenvalue weighted by Crippen LogP contribution is 2.21. The zero-order chi connectivity index (χ0) is 21.4. The first-order valence-electron chi connectivity index (χ1n) is 9.45. The Kier molecular flexibility index (Phi) is 8.04. The summed E-state index contributed by atoms with van der Waals surface area (Å²) in [4.78, 5) is 4.90. The second-order valence-electron chi connectivity index (χ2n) is 6.76. The first-order chi connectivity index (χ1) is 13.8. The Morgan fingerprint density at radius 2 is 1.83 bits per heavy atom. The van der Waals surface area contributed by atoms with E-state index in [0.29, 0.717) is 31.2 Å². The summed E-state index contributed by atoms with van der Waals surface area (Å²) in [5, 5.41) is 6.41. The minimum Gasteiger partial charge on any atom is -0.496 e. The maximum absolute atomic E-state index is 12.6. The van der Waals surface area contributed by atoms with Crippen molar-refractivity contribution in [3.8, 4) is 5.75 Å². The van der Waals surface area contributed by atoms with Gasteiger partial charge in [-0.1, -0.05) is 30.3 Å². The highest BCUT2D eigenvalue weighted by molar-refractivity contribution is 7.89. The van der Waals surface area contributed by atoms with Gasteiger partial charge < -0.3 is 15.4 Å². The average Bonchev–Trinajstić information content (AvgIpc) is 2.70. The van der Waals surface area contributed by atoms with E-state index in [1.165, 1.54) is 18.4 Å². The molecule has 0 aliphatic rings. The Bertz CT molecular complexity index is 956. The van der Waals surface area contributed by atoms with Crippen LogP contribution in [0.5, 0.6) is 5.75 Å². The first kappa shape index (κ1) is 22.7. The molecule has 2 rings (SSSR count). The third-order valence-electron chi connectivity index (χ3n) is 4.37. The van der Waals surface area contributed by atoms with E-state index in [4.69, 9.17) is 4.74 Å². The van der Waals surface area contributed by atoms with Gasteiger partial charge in [-0.2, -0.15) is 0 Å². The minimum atomic E-state index is -3.52. The van der Waals surface area contributed by atoms with E-state index in [0.717, 1.165) is 16.9 Å². The molecule has 0 spiro atoms. The van der Waals surface area contributed by atoms with Gasteiger partial charge in [0.15, 0.2) is 5.96 Å². The van der Waals surface area contributed by atoms with E-state index in [2.05, 4.69) is 15.6 Å². The molecule has 158 valence electrons. The molecule has 2 aromatic carbocycles. The molecule has 7 nitrogen and oxygen atoms in total. The van der Waals surface area contributed by atoms with E-state index in [9.17, 15) is 8.42 Å². The molecule has 0 fully saturated rings. The number of nitrogens with one attached hydrogen (secondary N) is 2. The van der Waals surface area contributed by atoms with Gasteiger partial charge in [-0.25, -0.2) is 17.7 Å². The number of aliphatic imine (C=N–C) groups is 1. The Morgan fingerprint density at radius 3 is 2.48 bits per heavy atom. The summed E-state index contributed by atoms with van der Waals surface area (Å²) >= 11 is 0. The molecule has 0 radical (unpaired) electrons. The minimum absolute atomic E-state index is 0.286. The Balaban J connectivity index is 2.20. The van der Waals surface area contributed by atoms with E-state index in [1.807, 2.05) is 38.1 Å². The summed E-state index contributed by atoms with van der Waals surface area (Å²) in [5.74, 6) is 1.40. The SMILES string of the molecule is CCNC(=NCc1ccc(C)cc1OC)NCc1ccccc1S(=O)(=O)N(C)C. The van der Waals surface area contributed by atoms with E-state index in [1.54, 1.807) is 25.3 Å². The first-order valence-corrected chi connectivity index (χ1v) is 10.9. The van der Waals surface area contributed by atoms with E-state index < -0.39 is 10.0 Å². The maximum Gasteiger partial charge on any atom is 0.242 e. The smallest absolute Gasteiger partial charge is 0.242 e. The largest absolute Gasteiger partial charge is 0.496 e. The molecule has 0 heterocycles. The van der Waals surface area contributed by atoms with Crippen molar-refractivity contribution in [3.63, 3.8) is 0 Å². The fourth-order valence-electron chi connectivity index (χ4n) is 2.77. The van der Waals surface area contributed by atoms with Crippen LogP contribution in [0.3, 0.4) is 0 Å². The third kappa shape index (κ3) is 5.95. The van der Waals surface area contributed by atoms with Gasteiger partial charge in [-0.3, -0.25) is 0 Å². The van der Waals surface area contributed by atoms with Crippen LogP contribution in [-0.4, -0.2) is 46.4 Å². The van der Waals surface area contributed by atoms with Crippen molar-refractivity contribution < 1.29 is 13.2 Å². The fourth-order valence-corrected chi connectivity index (χ4v) is 3.88. The fraction of sp³-hybridized carbons (Fsp3) is 0.381. The summed E-state index contributed by atoms with van der Waals surface area (Å²) < 4.78 is 31.8. The summed E-state index contributed by atoms with van der Waals surface area (Å²) in [6.45, 7) is 5.46. The standard InChI is InChI=1S/C21H30N4O3S/c1-6-22-21(23-14-17-12-11-16(2)13-19(17)28-5)24-15-18-9-7-8-10-20(18)29(26,27)25(3)4/h7-13H,6,14-15H2,1-5H3,(H2,22,23,24). The molecular formula is C21H30N4O3S. The van der Waals surface area contributed by atoms with Crippen molar-refractivity contribution in [3.05, 3.63) is 59.2 Å². The van der Waals surface area contributed by atoms with Crippen molar-refractivity contribution in [1.82, 2.24) is 14.9 Å². The molecule has 29 heavy (non-hydrogen) atoms. The van der Waals surface area contributed by atoms with E-state index >= 15 is 0 Å². The van der Waals surface area contributed by atoms with Crippen LogP contribution in [0.1, 0.15) is 23.6 Å². The highest BCUT2D eigenvalue weighted by atomic mass is 32.2. The molecule has 0 unspecified atom stereocenters. The molecule has 2 N–H and O–H groups in total. The van der Waals surface area contributed by atoms with Crippen LogP contribution in [0.15, 0.2) is 52.4 Å². The number of sulfonamides is 1. The molecule has 8 heteroatoms. The van der Waals surface area contributed by atoms with E-state index in [-0.39, 0.29) is 4.90 Å². The summed E-state index contributed by atoms with van der Waals surface area (Å²) in [6, 6.07) is 13.0. The Labute approximate surface area is 173 Å². The summed E-state index contributed by atoms with van der Waals surface area (Å²) in [7, 11) is 1.18. The molecular weight excluding hydrogens is 388 g/mol. The van der Waals surface area contributed by atoms with Gasteiger partial charge in [0.1, 0.15) is 5.75 Å². The predicted molar refractivity (Wildman–Crippen MR) is 117 cm³/mol. The molecule has 2 aromatic rings. The number of benzene rings is 2. The lowest BCUT2D eigenvalue weighted by molar-refractivity contribution is 0.409. The lowest BCUT2D eigenvalue weighted by Gasteiger charge is -2.17. The molecule has 0 amide bonds. The number of ether oxygens (including phenoxy) is 1. The van der Waals surface area contributed by atoms with Crippen molar-refractivity contribution in [2.45, 2.75) is 31.8 Å². The third-order valence-corrected chi connectivity index (χ3v) is 6.29. The predicted octanol–water partition coefficient (Wildman–Crippen LogP) is 2.51. The number of hydrogen-bond donors (Lipinski definition) is 2. The van der Waals surface area contributed by atoms with Gasteiger partial charge in [-0.15, -0.1) is 0 Å². The maximum atomic E-state index is 12.6.